The summed E-state index contributed by atoms with van der Waals surface area (Å²) in [5, 5.41) is 10.8. The molecule has 4 amide bonds. The number of urea groups is 1. The number of benzene rings is 3. The van der Waals surface area contributed by atoms with Crippen LogP contribution in [0.25, 0.3) is 0 Å². The van der Waals surface area contributed by atoms with E-state index in [1.807, 2.05) is 24.3 Å². The van der Waals surface area contributed by atoms with Crippen molar-refractivity contribution in [2.24, 2.45) is 0 Å². The predicted octanol–water partition coefficient (Wildman–Crippen LogP) is 5.72. The second-order valence-electron chi connectivity index (χ2n) is 10.6. The van der Waals surface area contributed by atoms with Gasteiger partial charge in [0.15, 0.2) is 0 Å². The number of esters is 1. The van der Waals surface area contributed by atoms with E-state index in [1.165, 1.54) is 19.1 Å². The third-order valence-corrected chi connectivity index (χ3v) is 8.01. The largest absolute Gasteiger partial charge is 0.511 e. The van der Waals surface area contributed by atoms with Gasteiger partial charge in [-0.1, -0.05) is 71.2 Å². The minimum Gasteiger partial charge on any atom is -0.435 e. The highest BCUT2D eigenvalue weighted by molar-refractivity contribution is 6.40. The molecule has 1 unspecified atom stereocenters. The molecular formula is C33H33Cl3N4O8. The number of halogens is 3. The number of fused-ring (bicyclic) bond motifs is 1. The van der Waals surface area contributed by atoms with E-state index in [0.29, 0.717) is 11.4 Å². The van der Waals surface area contributed by atoms with Crippen molar-refractivity contribution in [1.82, 2.24) is 21.3 Å². The fraction of sp³-hybridized carbons (Fsp3) is 0.303. The molecule has 0 radical (unpaired) electrons. The van der Waals surface area contributed by atoms with Gasteiger partial charge in [-0.25, -0.2) is 14.4 Å². The van der Waals surface area contributed by atoms with Gasteiger partial charge in [-0.2, -0.15) is 0 Å². The summed E-state index contributed by atoms with van der Waals surface area (Å²) in [7, 11) is 0. The summed E-state index contributed by atoms with van der Waals surface area (Å²) in [4.78, 5) is 63.9. The molecule has 1 aliphatic rings. The van der Waals surface area contributed by atoms with Crippen molar-refractivity contribution in [3.8, 4) is 0 Å². The highest BCUT2D eigenvalue weighted by Gasteiger charge is 2.30. The average Bonchev–Trinajstić information content (AvgIpc) is 3.43. The molecule has 0 aromatic heterocycles. The van der Waals surface area contributed by atoms with Crippen LogP contribution in [0.2, 0.25) is 15.1 Å². The van der Waals surface area contributed by atoms with Crippen LogP contribution in [0, 0.1) is 0 Å². The first-order valence-corrected chi connectivity index (χ1v) is 16.1. The van der Waals surface area contributed by atoms with Crippen molar-refractivity contribution in [2.45, 2.75) is 51.6 Å². The minimum atomic E-state index is -1.49. The van der Waals surface area contributed by atoms with Crippen LogP contribution >= 0.6 is 34.8 Å². The highest BCUT2D eigenvalue weighted by atomic mass is 35.5. The molecule has 0 saturated heterocycles. The zero-order valence-electron chi connectivity index (χ0n) is 25.9. The Hall–Kier alpha value is -4.52. The lowest BCUT2D eigenvalue weighted by Crippen LogP contribution is -2.51. The molecule has 0 saturated carbocycles. The number of rotatable bonds is 12. The molecule has 0 spiro atoms. The Morgan fingerprint density at radius 2 is 1.62 bits per heavy atom. The van der Waals surface area contributed by atoms with Crippen molar-refractivity contribution >= 4 is 64.8 Å². The molecule has 1 aliphatic carbocycles. The molecule has 0 aliphatic heterocycles. The van der Waals surface area contributed by atoms with Gasteiger partial charge < -0.3 is 35.5 Å². The SMILES string of the molecule is CCOC(=O)OC(C)OC(=O)[C@H](CNC(=O)N[C@@H]1CCc2ccccc21)NC(=O)c1c(Cl)cc(C(=O)NCc2cccc(Cl)c2)cc1Cl. The van der Waals surface area contributed by atoms with Crippen molar-refractivity contribution in [2.75, 3.05) is 13.2 Å². The van der Waals surface area contributed by atoms with Crippen molar-refractivity contribution in [3.05, 3.63) is 104 Å². The second-order valence-corrected chi connectivity index (χ2v) is 11.9. The van der Waals surface area contributed by atoms with Gasteiger partial charge in [-0.3, -0.25) is 9.59 Å². The Morgan fingerprint density at radius 3 is 2.33 bits per heavy atom. The fourth-order valence-corrected chi connectivity index (χ4v) is 5.82. The Kier molecular flexibility index (Phi) is 12.9. The lowest BCUT2D eigenvalue weighted by Gasteiger charge is -2.22. The Bertz CT molecular complexity index is 1670. The van der Waals surface area contributed by atoms with Gasteiger partial charge in [0.25, 0.3) is 11.8 Å². The standard InChI is InChI=1S/C33H33Cl3N4O8/c1-3-46-33(45)48-18(2)47-31(43)27(17-38-32(44)40-26-12-11-20-8-4-5-10-23(20)26)39-30(42)28-24(35)14-21(15-25(28)36)29(41)37-16-19-7-6-9-22(34)13-19/h4-10,13-15,18,26-27H,3,11-12,16-17H2,1-2H3,(H,37,41)(H,39,42)(H2,38,40,44)/t18?,26-,27+/m1/s1. The van der Waals surface area contributed by atoms with Crippen LogP contribution in [-0.4, -0.2) is 55.5 Å². The van der Waals surface area contributed by atoms with Crippen LogP contribution in [0.3, 0.4) is 0 Å². The molecule has 3 aromatic carbocycles. The molecule has 0 fully saturated rings. The summed E-state index contributed by atoms with van der Waals surface area (Å²) in [5.41, 5.74) is 2.74. The number of aryl methyl sites for hydroxylation is 1. The van der Waals surface area contributed by atoms with Crippen LogP contribution in [0.15, 0.2) is 60.7 Å². The molecule has 0 bridgehead atoms. The van der Waals surface area contributed by atoms with Gasteiger partial charge in [0.05, 0.1) is 34.8 Å². The third kappa shape index (κ3) is 9.99. The van der Waals surface area contributed by atoms with E-state index in [9.17, 15) is 24.0 Å². The Balaban J connectivity index is 1.44. The lowest BCUT2D eigenvalue weighted by molar-refractivity contribution is -0.170. The van der Waals surface area contributed by atoms with E-state index >= 15 is 0 Å². The van der Waals surface area contributed by atoms with Gasteiger partial charge in [0, 0.05) is 24.1 Å². The first-order valence-electron chi connectivity index (χ1n) is 14.9. The summed E-state index contributed by atoms with van der Waals surface area (Å²) in [6.45, 7) is 2.63. The highest BCUT2D eigenvalue weighted by Crippen LogP contribution is 2.30. The minimum absolute atomic E-state index is 0.0343. The number of hydrogen-bond donors (Lipinski definition) is 4. The molecule has 15 heteroatoms. The maximum atomic E-state index is 13.4. The summed E-state index contributed by atoms with van der Waals surface area (Å²) >= 11 is 18.8. The molecule has 0 heterocycles. The summed E-state index contributed by atoms with van der Waals surface area (Å²) < 4.78 is 14.7. The van der Waals surface area contributed by atoms with Gasteiger partial charge >= 0.3 is 18.2 Å². The monoisotopic (exact) mass is 718 g/mol. The lowest BCUT2D eigenvalue weighted by atomic mass is 10.1. The van der Waals surface area contributed by atoms with E-state index < -0.39 is 48.8 Å². The molecule has 48 heavy (non-hydrogen) atoms. The predicted molar refractivity (Wildman–Crippen MR) is 178 cm³/mol. The maximum Gasteiger partial charge on any atom is 0.511 e. The average molecular weight is 720 g/mol. The number of ether oxygens (including phenoxy) is 3. The van der Waals surface area contributed by atoms with E-state index in [2.05, 4.69) is 26.0 Å². The first kappa shape index (κ1) is 36.3. The molecule has 3 aromatic rings. The zero-order chi connectivity index (χ0) is 34.8. The fourth-order valence-electron chi connectivity index (χ4n) is 4.94. The van der Waals surface area contributed by atoms with E-state index in [0.717, 1.165) is 23.1 Å². The quantitative estimate of drug-likeness (QED) is 0.137. The molecule has 254 valence electrons. The number of hydrogen-bond acceptors (Lipinski definition) is 8. The molecule has 12 nitrogen and oxygen atoms in total. The van der Waals surface area contributed by atoms with Gasteiger partial charge in [0.2, 0.25) is 6.29 Å². The van der Waals surface area contributed by atoms with E-state index in [-0.39, 0.29) is 40.4 Å². The maximum absolute atomic E-state index is 13.4. The summed E-state index contributed by atoms with van der Waals surface area (Å²) in [6, 6.07) is 14.9. The van der Waals surface area contributed by atoms with E-state index in [4.69, 9.17) is 44.3 Å². The first-order chi connectivity index (χ1) is 22.9. The van der Waals surface area contributed by atoms with Gasteiger partial charge in [0.1, 0.15) is 6.04 Å². The van der Waals surface area contributed by atoms with Crippen molar-refractivity contribution in [1.29, 1.82) is 0 Å². The van der Waals surface area contributed by atoms with Crippen LogP contribution in [-0.2, 0) is 32.0 Å². The van der Waals surface area contributed by atoms with Gasteiger partial charge in [-0.05, 0) is 60.7 Å². The molecule has 4 rings (SSSR count). The normalized spacial score (nSPS) is 14.5. The third-order valence-electron chi connectivity index (χ3n) is 7.17. The summed E-state index contributed by atoms with van der Waals surface area (Å²) in [5.74, 6) is -2.46. The number of carbonyl (C=O) groups excluding carboxylic acids is 5. The number of carbonyl (C=O) groups is 5. The van der Waals surface area contributed by atoms with Crippen molar-refractivity contribution in [3.63, 3.8) is 0 Å². The summed E-state index contributed by atoms with van der Waals surface area (Å²) in [6.07, 6.45) is -0.961. The van der Waals surface area contributed by atoms with Crippen LogP contribution < -0.4 is 21.3 Å². The van der Waals surface area contributed by atoms with Crippen LogP contribution in [0.5, 0.6) is 0 Å². The number of amides is 4. The molecular weight excluding hydrogens is 687 g/mol. The van der Waals surface area contributed by atoms with Crippen molar-refractivity contribution < 1.29 is 38.2 Å². The van der Waals surface area contributed by atoms with Gasteiger partial charge in [-0.15, -0.1) is 0 Å². The smallest absolute Gasteiger partial charge is 0.435 e. The molecule has 4 N–H and O–H groups in total. The Labute approximate surface area is 291 Å². The zero-order valence-corrected chi connectivity index (χ0v) is 28.2. The van der Waals surface area contributed by atoms with E-state index in [1.54, 1.807) is 31.2 Å². The molecule has 3 atom stereocenters. The van der Waals surface area contributed by atoms with Crippen LogP contribution in [0.1, 0.15) is 63.7 Å². The number of nitrogens with one attached hydrogen (secondary N) is 4. The van der Waals surface area contributed by atoms with Crippen LogP contribution in [0.4, 0.5) is 9.59 Å². The topological polar surface area (TPSA) is 161 Å². The second kappa shape index (κ2) is 17.0. The Morgan fingerprint density at radius 1 is 0.896 bits per heavy atom.